The molecule has 4 heterocycles. The number of aromatic nitrogens is 3. The van der Waals surface area contributed by atoms with Crippen molar-refractivity contribution in [2.75, 3.05) is 25.6 Å². The molecule has 4 rings (SSSR count). The largest absolute Gasteiger partial charge is 0.494 e. The Bertz CT molecular complexity index is 1070. The van der Waals surface area contributed by atoms with Crippen molar-refractivity contribution < 1.29 is 27.4 Å². The quantitative estimate of drug-likeness (QED) is 0.693. The van der Waals surface area contributed by atoms with E-state index in [1.807, 2.05) is 6.20 Å². The van der Waals surface area contributed by atoms with Gasteiger partial charge in [0.15, 0.2) is 0 Å². The summed E-state index contributed by atoms with van der Waals surface area (Å²) in [5.74, 6) is -0.146. The molecule has 30 heavy (non-hydrogen) atoms. The summed E-state index contributed by atoms with van der Waals surface area (Å²) in [7, 11) is 1.44. The molecular weight excluding hydrogens is 401 g/mol. The zero-order chi connectivity index (χ0) is 21.3. The van der Waals surface area contributed by atoms with E-state index >= 15 is 0 Å². The van der Waals surface area contributed by atoms with E-state index in [1.54, 1.807) is 16.7 Å². The number of methoxy groups -OCH3 is 1. The number of carbonyl (C=O) groups is 1. The Balaban J connectivity index is 1.62. The summed E-state index contributed by atoms with van der Waals surface area (Å²) in [5, 5.41) is 2.57. The first-order chi connectivity index (χ1) is 14.3. The van der Waals surface area contributed by atoms with Gasteiger partial charge in [0.25, 0.3) is 5.91 Å². The van der Waals surface area contributed by atoms with E-state index in [1.165, 1.54) is 13.2 Å². The maximum absolute atomic E-state index is 12.9. The van der Waals surface area contributed by atoms with Crippen molar-refractivity contribution >= 4 is 17.2 Å². The molecule has 0 spiro atoms. The van der Waals surface area contributed by atoms with Crippen molar-refractivity contribution in [1.29, 1.82) is 0 Å². The highest BCUT2D eigenvalue weighted by atomic mass is 19.4. The zero-order valence-corrected chi connectivity index (χ0v) is 16.1. The molecule has 0 unspecified atom stereocenters. The topological polar surface area (TPSA) is 77.8 Å². The molecule has 0 bridgehead atoms. The van der Waals surface area contributed by atoms with Gasteiger partial charge in [-0.3, -0.25) is 4.79 Å². The molecule has 0 radical (unpaired) electrons. The Morgan fingerprint density at radius 3 is 2.70 bits per heavy atom. The summed E-state index contributed by atoms with van der Waals surface area (Å²) >= 11 is 0. The highest BCUT2D eigenvalue weighted by Gasteiger charge is 2.33. The third kappa shape index (κ3) is 4.09. The van der Waals surface area contributed by atoms with Crippen molar-refractivity contribution in [3.63, 3.8) is 0 Å². The molecule has 1 N–H and O–H groups in total. The number of nitrogens with one attached hydrogen (secondary N) is 1. The number of anilines is 1. The molecule has 0 saturated carbocycles. The van der Waals surface area contributed by atoms with Crippen LogP contribution >= 0.6 is 0 Å². The fraction of sp³-hybridized carbons (Fsp3) is 0.350. The second-order valence-electron chi connectivity index (χ2n) is 6.93. The molecule has 1 amide bonds. The van der Waals surface area contributed by atoms with Gasteiger partial charge in [0.05, 0.1) is 12.8 Å². The third-order valence-electron chi connectivity index (χ3n) is 4.95. The van der Waals surface area contributed by atoms with E-state index in [0.29, 0.717) is 30.3 Å². The monoisotopic (exact) mass is 420 g/mol. The van der Waals surface area contributed by atoms with Crippen LogP contribution in [-0.2, 0) is 10.9 Å². The Hall–Kier alpha value is -3.14. The van der Waals surface area contributed by atoms with Gasteiger partial charge in [-0.1, -0.05) is 6.07 Å². The maximum atomic E-state index is 12.9. The van der Waals surface area contributed by atoms with Gasteiger partial charge in [-0.2, -0.15) is 13.2 Å². The number of fused-ring (bicyclic) bond motifs is 1. The van der Waals surface area contributed by atoms with Crippen LogP contribution in [0, 0.1) is 0 Å². The standard InChI is InChI=1S/C20H19F3N4O3/c1-29-16-9-18-25-14(12-5-7-30-8-6-12)10-27(18)11-15(16)26-19(28)13-3-2-4-17(24-13)20(21,22)23/h2-4,9-12H,5-8H2,1H3,(H,26,28). The predicted octanol–water partition coefficient (Wildman–Crippen LogP) is 3.90. The molecule has 3 aromatic rings. The van der Waals surface area contributed by atoms with Crippen LogP contribution in [0.3, 0.4) is 0 Å². The Kier molecular flexibility index (Phi) is 5.33. The Labute approximate surface area is 169 Å². The molecule has 158 valence electrons. The second-order valence-corrected chi connectivity index (χ2v) is 6.93. The minimum atomic E-state index is -4.63. The summed E-state index contributed by atoms with van der Waals surface area (Å²) in [4.78, 5) is 20.6. The van der Waals surface area contributed by atoms with Crippen molar-refractivity contribution in [1.82, 2.24) is 14.4 Å². The number of nitrogens with zero attached hydrogens (tertiary/aromatic N) is 3. The average molecular weight is 420 g/mol. The van der Waals surface area contributed by atoms with Gasteiger partial charge in [-0.05, 0) is 25.0 Å². The van der Waals surface area contributed by atoms with E-state index in [-0.39, 0.29) is 11.6 Å². The highest BCUT2D eigenvalue weighted by Crippen LogP contribution is 2.31. The number of ether oxygens (including phenoxy) is 2. The number of hydrogen-bond donors (Lipinski definition) is 1. The normalized spacial score (nSPS) is 15.3. The van der Waals surface area contributed by atoms with Crippen LogP contribution in [0.15, 0.2) is 36.7 Å². The predicted molar refractivity (Wildman–Crippen MR) is 102 cm³/mol. The number of rotatable bonds is 4. The van der Waals surface area contributed by atoms with Crippen molar-refractivity contribution in [3.05, 3.63) is 53.7 Å². The first-order valence-electron chi connectivity index (χ1n) is 9.35. The van der Waals surface area contributed by atoms with Crippen molar-refractivity contribution in [2.24, 2.45) is 0 Å². The first-order valence-corrected chi connectivity index (χ1v) is 9.35. The van der Waals surface area contributed by atoms with Crippen molar-refractivity contribution in [2.45, 2.75) is 24.9 Å². The number of pyridine rings is 2. The molecule has 10 heteroatoms. The van der Waals surface area contributed by atoms with Gasteiger partial charge in [0.1, 0.15) is 28.5 Å². The van der Waals surface area contributed by atoms with Crippen molar-refractivity contribution in [3.8, 4) is 5.75 Å². The van der Waals surface area contributed by atoms with Crippen LogP contribution in [0.5, 0.6) is 5.75 Å². The van der Waals surface area contributed by atoms with Gasteiger partial charge in [0.2, 0.25) is 0 Å². The van der Waals surface area contributed by atoms with E-state index < -0.39 is 17.8 Å². The fourth-order valence-electron chi connectivity index (χ4n) is 3.39. The van der Waals surface area contributed by atoms with Crippen LogP contribution in [0.4, 0.5) is 18.9 Å². The van der Waals surface area contributed by atoms with E-state index in [9.17, 15) is 18.0 Å². The summed E-state index contributed by atoms with van der Waals surface area (Å²) in [5.41, 5.74) is 0.380. The van der Waals surface area contributed by atoms with Crippen LogP contribution in [0.25, 0.3) is 5.65 Å². The molecule has 0 aliphatic carbocycles. The summed E-state index contributed by atoms with van der Waals surface area (Å²) in [6, 6.07) is 4.84. The van der Waals surface area contributed by atoms with Gasteiger partial charge in [0, 0.05) is 37.6 Å². The molecule has 0 atom stereocenters. The first kappa shape index (κ1) is 20.1. The lowest BCUT2D eigenvalue weighted by Gasteiger charge is -2.19. The van der Waals surface area contributed by atoms with Gasteiger partial charge in [-0.25, -0.2) is 9.97 Å². The fourth-order valence-corrected chi connectivity index (χ4v) is 3.39. The lowest BCUT2D eigenvalue weighted by Crippen LogP contribution is -2.17. The van der Waals surface area contributed by atoms with Crippen LogP contribution in [-0.4, -0.2) is 40.6 Å². The molecule has 3 aromatic heterocycles. The van der Waals surface area contributed by atoms with Gasteiger partial charge < -0.3 is 19.2 Å². The minimum Gasteiger partial charge on any atom is -0.494 e. The van der Waals surface area contributed by atoms with Gasteiger partial charge in [-0.15, -0.1) is 0 Å². The average Bonchev–Trinajstić information content (AvgIpc) is 3.16. The molecule has 1 aliphatic heterocycles. The van der Waals surface area contributed by atoms with E-state index in [4.69, 9.17) is 9.47 Å². The minimum absolute atomic E-state index is 0.289. The molecule has 7 nitrogen and oxygen atoms in total. The SMILES string of the molecule is COc1cc2nc(C3CCOCC3)cn2cc1NC(=O)c1cccc(C(F)(F)F)n1. The Morgan fingerprint density at radius 1 is 1.23 bits per heavy atom. The van der Waals surface area contributed by atoms with Crippen LogP contribution in [0.1, 0.15) is 40.6 Å². The number of alkyl halides is 3. The van der Waals surface area contributed by atoms with Crippen LogP contribution in [0.2, 0.25) is 0 Å². The lowest BCUT2D eigenvalue weighted by atomic mass is 9.97. The molecule has 1 aliphatic rings. The molecule has 1 fully saturated rings. The number of carbonyl (C=O) groups excluding carboxylic acids is 1. The summed E-state index contributed by atoms with van der Waals surface area (Å²) < 4.78 is 51.1. The van der Waals surface area contributed by atoms with Gasteiger partial charge >= 0.3 is 6.18 Å². The maximum Gasteiger partial charge on any atom is 0.433 e. The molecule has 1 saturated heterocycles. The third-order valence-corrected chi connectivity index (χ3v) is 4.95. The number of hydrogen-bond acceptors (Lipinski definition) is 5. The zero-order valence-electron chi connectivity index (χ0n) is 16.1. The smallest absolute Gasteiger partial charge is 0.433 e. The number of halogens is 3. The summed E-state index contributed by atoms with van der Waals surface area (Å²) in [6.45, 7) is 1.38. The van der Waals surface area contributed by atoms with E-state index in [2.05, 4.69) is 15.3 Å². The highest BCUT2D eigenvalue weighted by molar-refractivity contribution is 6.03. The second kappa shape index (κ2) is 7.94. The number of amides is 1. The lowest BCUT2D eigenvalue weighted by molar-refractivity contribution is -0.141. The summed E-state index contributed by atoms with van der Waals surface area (Å²) in [6.07, 6.45) is 0.625. The van der Waals surface area contributed by atoms with E-state index in [0.717, 1.165) is 30.7 Å². The molecule has 0 aromatic carbocycles. The Morgan fingerprint density at radius 2 is 2.00 bits per heavy atom. The van der Waals surface area contributed by atoms with Crippen LogP contribution < -0.4 is 10.1 Å². The number of imidazole rings is 1. The molecular formula is C20H19F3N4O3.